The number of nitrogens with zero attached hydrogens (tertiary/aromatic N) is 1. The van der Waals surface area contributed by atoms with Crippen LogP contribution >= 0.6 is 0 Å². The highest BCUT2D eigenvalue weighted by Crippen LogP contribution is 2.29. The van der Waals surface area contributed by atoms with E-state index in [1.807, 2.05) is 36.4 Å². The van der Waals surface area contributed by atoms with Crippen LogP contribution in [-0.4, -0.2) is 23.5 Å². The summed E-state index contributed by atoms with van der Waals surface area (Å²) in [6.45, 7) is 0.622. The summed E-state index contributed by atoms with van der Waals surface area (Å²) in [4.78, 5) is 16.7. The topological polar surface area (TPSA) is 64.4 Å². The predicted molar refractivity (Wildman–Crippen MR) is 85.0 cm³/mol. The van der Waals surface area contributed by atoms with Gasteiger partial charge < -0.3 is 14.5 Å². The van der Waals surface area contributed by atoms with Crippen LogP contribution in [0, 0.1) is 0 Å². The molecule has 23 heavy (non-hydrogen) atoms. The maximum Gasteiger partial charge on any atom is 0.255 e. The molecule has 5 nitrogen and oxygen atoms in total. The van der Waals surface area contributed by atoms with Crippen LogP contribution in [0.25, 0.3) is 11.0 Å². The molecule has 4 rings (SSSR count). The van der Waals surface area contributed by atoms with E-state index >= 15 is 0 Å². The van der Waals surface area contributed by atoms with Gasteiger partial charge in [-0.05, 0) is 18.6 Å². The maximum absolute atomic E-state index is 12.6. The molecule has 2 aromatic heterocycles. The molecule has 1 aliphatic heterocycles. The number of para-hydroxylation sites is 1. The van der Waals surface area contributed by atoms with Gasteiger partial charge in [0.15, 0.2) is 0 Å². The van der Waals surface area contributed by atoms with Crippen molar-refractivity contribution in [3.63, 3.8) is 0 Å². The molecule has 2 atom stereocenters. The Labute approximate surface area is 133 Å². The Hall–Kier alpha value is -2.66. The molecule has 1 amide bonds. The second-order valence-corrected chi connectivity index (χ2v) is 5.59. The molecule has 0 aliphatic carbocycles. The normalized spacial score (nSPS) is 20.7. The van der Waals surface area contributed by atoms with Crippen molar-refractivity contribution in [1.82, 2.24) is 10.3 Å². The first-order valence-electron chi connectivity index (χ1n) is 7.61. The lowest BCUT2D eigenvalue weighted by molar-refractivity contribution is 0.0821. The number of amides is 1. The van der Waals surface area contributed by atoms with Gasteiger partial charge in [-0.25, -0.2) is 0 Å². The lowest BCUT2D eigenvalue weighted by Gasteiger charge is -2.19. The molecule has 1 fully saturated rings. The number of aromatic nitrogens is 1. The minimum absolute atomic E-state index is 0.0691. The van der Waals surface area contributed by atoms with Crippen LogP contribution in [-0.2, 0) is 4.74 Å². The Morgan fingerprint density at radius 2 is 2.13 bits per heavy atom. The van der Waals surface area contributed by atoms with Crippen molar-refractivity contribution >= 4 is 16.9 Å². The van der Waals surface area contributed by atoms with Gasteiger partial charge in [0.05, 0.1) is 11.6 Å². The van der Waals surface area contributed by atoms with Crippen molar-refractivity contribution in [3.8, 4) is 0 Å². The lowest BCUT2D eigenvalue weighted by Crippen LogP contribution is -2.36. The molecule has 1 aromatic carbocycles. The molecule has 0 spiro atoms. The predicted octanol–water partition coefficient (Wildman–Crippen LogP) is 3.09. The van der Waals surface area contributed by atoms with Gasteiger partial charge in [-0.2, -0.15) is 0 Å². The van der Waals surface area contributed by atoms with Gasteiger partial charge in [0.25, 0.3) is 5.91 Å². The van der Waals surface area contributed by atoms with Crippen LogP contribution in [0.5, 0.6) is 0 Å². The standard InChI is InChI=1S/C18H16N2O3/c21-18(14-11-23-16-6-2-1-5-13(14)16)20-15-7-9-22-17(15)12-4-3-8-19-10-12/h1-6,8,10-11,15,17H,7,9H2,(H,20,21)/t15-,17+/m0/s1. The van der Waals surface area contributed by atoms with Crippen molar-refractivity contribution in [3.05, 3.63) is 66.2 Å². The smallest absolute Gasteiger partial charge is 0.255 e. The number of carbonyl (C=O) groups is 1. The van der Waals surface area contributed by atoms with E-state index in [1.54, 1.807) is 12.4 Å². The quantitative estimate of drug-likeness (QED) is 0.807. The zero-order valence-corrected chi connectivity index (χ0v) is 12.4. The summed E-state index contributed by atoms with van der Waals surface area (Å²) in [7, 11) is 0. The number of ether oxygens (including phenoxy) is 1. The molecule has 0 unspecified atom stereocenters. The Morgan fingerprint density at radius 3 is 3.00 bits per heavy atom. The van der Waals surface area contributed by atoms with E-state index in [2.05, 4.69) is 10.3 Å². The van der Waals surface area contributed by atoms with Gasteiger partial charge in [-0.1, -0.05) is 24.3 Å². The third-order valence-corrected chi connectivity index (χ3v) is 4.15. The fourth-order valence-electron chi connectivity index (χ4n) is 3.01. The first-order valence-corrected chi connectivity index (χ1v) is 7.61. The van der Waals surface area contributed by atoms with Crippen LogP contribution in [0.4, 0.5) is 0 Å². The van der Waals surface area contributed by atoms with E-state index in [-0.39, 0.29) is 18.1 Å². The maximum atomic E-state index is 12.6. The van der Waals surface area contributed by atoms with Crippen molar-refractivity contribution in [1.29, 1.82) is 0 Å². The molecular formula is C18H16N2O3. The van der Waals surface area contributed by atoms with E-state index in [1.165, 1.54) is 6.26 Å². The fourth-order valence-corrected chi connectivity index (χ4v) is 3.01. The van der Waals surface area contributed by atoms with E-state index in [9.17, 15) is 4.79 Å². The Morgan fingerprint density at radius 1 is 1.22 bits per heavy atom. The molecule has 5 heteroatoms. The number of pyridine rings is 1. The van der Waals surface area contributed by atoms with Gasteiger partial charge in [-0.15, -0.1) is 0 Å². The second-order valence-electron chi connectivity index (χ2n) is 5.59. The molecule has 0 radical (unpaired) electrons. The Kier molecular flexibility index (Phi) is 3.55. The number of hydrogen-bond donors (Lipinski definition) is 1. The molecule has 3 aromatic rings. The molecule has 0 bridgehead atoms. The summed E-state index contributed by atoms with van der Waals surface area (Å²) in [6.07, 6.45) is 5.63. The summed E-state index contributed by atoms with van der Waals surface area (Å²) < 4.78 is 11.2. The number of rotatable bonds is 3. The zero-order chi connectivity index (χ0) is 15.6. The van der Waals surface area contributed by atoms with Gasteiger partial charge in [0.2, 0.25) is 0 Å². The van der Waals surface area contributed by atoms with E-state index < -0.39 is 0 Å². The molecule has 116 valence electrons. The fraction of sp³-hybridized carbons (Fsp3) is 0.222. The summed E-state index contributed by atoms with van der Waals surface area (Å²) >= 11 is 0. The SMILES string of the molecule is O=C(N[C@H]1CCO[C@@H]1c1cccnc1)c1coc2ccccc12. The van der Waals surface area contributed by atoms with Gasteiger partial charge >= 0.3 is 0 Å². The Balaban J connectivity index is 1.56. The average Bonchev–Trinajstić information content (AvgIpc) is 3.22. The molecule has 3 heterocycles. The summed E-state index contributed by atoms with van der Waals surface area (Å²) in [5.74, 6) is -0.139. The minimum atomic E-state index is -0.161. The zero-order valence-electron chi connectivity index (χ0n) is 12.4. The summed E-state index contributed by atoms with van der Waals surface area (Å²) in [5.41, 5.74) is 2.24. The van der Waals surface area contributed by atoms with E-state index in [0.29, 0.717) is 17.8 Å². The highest BCUT2D eigenvalue weighted by Gasteiger charge is 2.31. The van der Waals surface area contributed by atoms with E-state index in [4.69, 9.17) is 9.15 Å². The first-order chi connectivity index (χ1) is 11.3. The van der Waals surface area contributed by atoms with E-state index in [0.717, 1.165) is 17.4 Å². The first kappa shape index (κ1) is 14.0. The lowest BCUT2D eigenvalue weighted by atomic mass is 10.0. The largest absolute Gasteiger partial charge is 0.463 e. The van der Waals surface area contributed by atoms with Crippen LogP contribution in [0.15, 0.2) is 59.5 Å². The van der Waals surface area contributed by atoms with Crippen molar-refractivity contribution in [2.45, 2.75) is 18.6 Å². The van der Waals surface area contributed by atoms with Crippen molar-refractivity contribution in [2.75, 3.05) is 6.61 Å². The highest BCUT2D eigenvalue weighted by atomic mass is 16.5. The minimum Gasteiger partial charge on any atom is -0.463 e. The van der Waals surface area contributed by atoms with Gasteiger partial charge in [0.1, 0.15) is 18.0 Å². The molecular weight excluding hydrogens is 292 g/mol. The molecule has 1 aliphatic rings. The second kappa shape index (κ2) is 5.85. The summed E-state index contributed by atoms with van der Waals surface area (Å²) in [6, 6.07) is 11.3. The van der Waals surface area contributed by atoms with Gasteiger partial charge in [0, 0.05) is 30.0 Å². The number of furan rings is 1. The molecule has 0 saturated carbocycles. The van der Waals surface area contributed by atoms with Crippen molar-refractivity contribution < 1.29 is 13.9 Å². The van der Waals surface area contributed by atoms with Gasteiger partial charge in [-0.3, -0.25) is 9.78 Å². The van der Waals surface area contributed by atoms with Crippen LogP contribution in [0.2, 0.25) is 0 Å². The third kappa shape index (κ3) is 2.59. The number of benzene rings is 1. The molecule has 1 saturated heterocycles. The number of carbonyl (C=O) groups excluding carboxylic acids is 1. The van der Waals surface area contributed by atoms with Crippen LogP contribution in [0.1, 0.15) is 28.4 Å². The number of fused-ring (bicyclic) bond motifs is 1. The third-order valence-electron chi connectivity index (χ3n) is 4.15. The molecule has 1 N–H and O–H groups in total. The summed E-state index contributed by atoms with van der Waals surface area (Å²) in [5, 5.41) is 3.89. The van der Waals surface area contributed by atoms with Crippen LogP contribution in [0.3, 0.4) is 0 Å². The monoisotopic (exact) mass is 308 g/mol. The van der Waals surface area contributed by atoms with Crippen LogP contribution < -0.4 is 5.32 Å². The Bertz CT molecular complexity index is 828. The average molecular weight is 308 g/mol. The highest BCUT2D eigenvalue weighted by molar-refractivity contribution is 6.06. The number of hydrogen-bond acceptors (Lipinski definition) is 4. The van der Waals surface area contributed by atoms with Crippen molar-refractivity contribution in [2.24, 2.45) is 0 Å². The number of nitrogens with one attached hydrogen (secondary N) is 1.